The van der Waals surface area contributed by atoms with Crippen LogP contribution in [0.3, 0.4) is 0 Å². The molecule has 8 nitrogen and oxygen atoms in total. The molecule has 1 aliphatic heterocycles. The number of nitrogens with zero attached hydrogens (tertiary/aromatic N) is 7. The maximum atomic E-state index is 4.66. The Labute approximate surface area is 154 Å². The zero-order valence-corrected chi connectivity index (χ0v) is 14.9. The largest absolute Gasteiger partial charge is 0.354 e. The smallest absolute Gasteiger partial charge is 0.182 e. The number of piperidine rings is 1. The molecule has 1 aliphatic rings. The summed E-state index contributed by atoms with van der Waals surface area (Å²) >= 11 is 1.63. The number of thiazole rings is 1. The van der Waals surface area contributed by atoms with Gasteiger partial charge in [0.25, 0.3) is 0 Å². The highest BCUT2D eigenvalue weighted by Gasteiger charge is 2.27. The molecule has 0 aromatic carbocycles. The molecule has 1 N–H and O–H groups in total. The van der Waals surface area contributed by atoms with Crippen molar-refractivity contribution in [2.24, 2.45) is 0 Å². The van der Waals surface area contributed by atoms with Gasteiger partial charge < -0.3 is 14.5 Å². The SMILES string of the molecule is c1cn(Cc2cscn2)c(C2CCCN(c3ncnc4nc[nH]c34)C2)n1. The molecule has 1 fully saturated rings. The van der Waals surface area contributed by atoms with Gasteiger partial charge in [0, 0.05) is 36.8 Å². The van der Waals surface area contributed by atoms with Crippen LogP contribution in [0.4, 0.5) is 5.82 Å². The van der Waals surface area contributed by atoms with Gasteiger partial charge in [0.2, 0.25) is 0 Å². The van der Waals surface area contributed by atoms with E-state index in [0.29, 0.717) is 11.6 Å². The highest BCUT2D eigenvalue weighted by Crippen LogP contribution is 2.30. The number of imidazole rings is 2. The van der Waals surface area contributed by atoms with Gasteiger partial charge in [-0.3, -0.25) is 0 Å². The lowest BCUT2D eigenvalue weighted by molar-refractivity contribution is 0.474. The molecule has 26 heavy (non-hydrogen) atoms. The quantitative estimate of drug-likeness (QED) is 0.597. The van der Waals surface area contributed by atoms with Crippen molar-refractivity contribution in [2.75, 3.05) is 18.0 Å². The third-order valence-corrected chi connectivity index (χ3v) is 5.49. The molecule has 1 unspecified atom stereocenters. The van der Waals surface area contributed by atoms with Crippen molar-refractivity contribution in [1.29, 1.82) is 0 Å². The fourth-order valence-electron chi connectivity index (χ4n) is 3.68. The van der Waals surface area contributed by atoms with Crippen LogP contribution in [-0.4, -0.2) is 47.6 Å². The summed E-state index contributed by atoms with van der Waals surface area (Å²) in [7, 11) is 0. The molecule has 132 valence electrons. The second kappa shape index (κ2) is 6.49. The van der Waals surface area contributed by atoms with Crippen molar-refractivity contribution in [3.05, 3.63) is 47.5 Å². The van der Waals surface area contributed by atoms with Gasteiger partial charge in [-0.2, -0.15) is 0 Å². The molecule has 0 saturated carbocycles. The number of H-pyrrole nitrogens is 1. The number of hydrogen-bond donors (Lipinski definition) is 1. The molecule has 1 saturated heterocycles. The zero-order chi connectivity index (χ0) is 17.3. The average Bonchev–Trinajstić information content (AvgIpc) is 3.43. The fourth-order valence-corrected chi connectivity index (χ4v) is 4.23. The van der Waals surface area contributed by atoms with E-state index in [-0.39, 0.29) is 0 Å². The molecule has 0 spiro atoms. The lowest BCUT2D eigenvalue weighted by atomic mass is 9.97. The Balaban J connectivity index is 1.42. The summed E-state index contributed by atoms with van der Waals surface area (Å²) in [5, 5.41) is 2.09. The number of fused-ring (bicyclic) bond motifs is 1. The second-order valence-corrected chi connectivity index (χ2v) is 7.20. The van der Waals surface area contributed by atoms with Crippen molar-refractivity contribution < 1.29 is 0 Å². The summed E-state index contributed by atoms with van der Waals surface area (Å²) in [6, 6.07) is 0. The normalized spacial score (nSPS) is 17.8. The summed E-state index contributed by atoms with van der Waals surface area (Å²) in [6.45, 7) is 2.64. The van der Waals surface area contributed by atoms with Crippen molar-refractivity contribution in [3.63, 3.8) is 0 Å². The molecule has 0 bridgehead atoms. The van der Waals surface area contributed by atoms with Gasteiger partial charge in [-0.15, -0.1) is 11.3 Å². The number of anilines is 1. The van der Waals surface area contributed by atoms with Crippen LogP contribution in [0.2, 0.25) is 0 Å². The predicted octanol–water partition coefficient (Wildman–Crippen LogP) is 2.44. The molecular weight excluding hydrogens is 348 g/mol. The standard InChI is InChI=1S/C17H18N8S/c1-2-12(16-18-3-5-25(16)7-13-8-26-11-23-13)6-24(4-1)17-14-15(20-9-19-14)21-10-22-17/h3,5,8-12H,1-2,4,6-7H2,(H,19,20,21,22). The first-order valence-electron chi connectivity index (χ1n) is 8.65. The highest BCUT2D eigenvalue weighted by atomic mass is 32.1. The number of hydrogen-bond acceptors (Lipinski definition) is 7. The van der Waals surface area contributed by atoms with Crippen molar-refractivity contribution in [1.82, 2.24) is 34.5 Å². The first-order valence-corrected chi connectivity index (χ1v) is 9.60. The molecule has 4 aromatic rings. The summed E-state index contributed by atoms with van der Waals surface area (Å²) in [6.07, 6.45) is 9.43. The van der Waals surface area contributed by atoms with Crippen LogP contribution >= 0.6 is 11.3 Å². The minimum absolute atomic E-state index is 0.366. The van der Waals surface area contributed by atoms with Crippen LogP contribution in [0.1, 0.15) is 30.3 Å². The van der Waals surface area contributed by atoms with Crippen LogP contribution < -0.4 is 4.90 Å². The molecule has 4 aromatic heterocycles. The topological polar surface area (TPSA) is 88.4 Å². The third kappa shape index (κ3) is 2.74. The Morgan fingerprint density at radius 2 is 2.19 bits per heavy atom. The summed E-state index contributed by atoms with van der Waals surface area (Å²) in [5.41, 5.74) is 4.57. The molecular formula is C17H18N8S. The Morgan fingerprint density at radius 3 is 3.12 bits per heavy atom. The van der Waals surface area contributed by atoms with Crippen LogP contribution in [0.15, 0.2) is 35.9 Å². The van der Waals surface area contributed by atoms with Crippen molar-refractivity contribution in [3.8, 4) is 0 Å². The van der Waals surface area contributed by atoms with Gasteiger partial charge in [-0.1, -0.05) is 0 Å². The molecule has 5 heterocycles. The first kappa shape index (κ1) is 15.4. The van der Waals surface area contributed by atoms with Gasteiger partial charge in [0.05, 0.1) is 24.1 Å². The molecule has 5 rings (SSSR count). The van der Waals surface area contributed by atoms with Crippen molar-refractivity contribution >= 4 is 28.3 Å². The maximum Gasteiger partial charge on any atom is 0.182 e. The Hall–Kier alpha value is -2.81. The first-order chi connectivity index (χ1) is 12.9. The summed E-state index contributed by atoms with van der Waals surface area (Å²) in [5.74, 6) is 2.41. The van der Waals surface area contributed by atoms with E-state index < -0.39 is 0 Å². The third-order valence-electron chi connectivity index (χ3n) is 4.85. The minimum atomic E-state index is 0.366. The molecule has 0 radical (unpaired) electrons. The van der Waals surface area contributed by atoms with E-state index in [2.05, 4.69) is 44.8 Å². The number of aromatic nitrogens is 7. The van der Waals surface area contributed by atoms with E-state index in [1.54, 1.807) is 24.0 Å². The van der Waals surface area contributed by atoms with Crippen molar-refractivity contribution in [2.45, 2.75) is 25.3 Å². The molecule has 9 heteroatoms. The Kier molecular flexibility index (Phi) is 3.85. The lowest BCUT2D eigenvalue weighted by Gasteiger charge is -2.33. The van der Waals surface area contributed by atoms with Crippen LogP contribution in [0.5, 0.6) is 0 Å². The molecule has 0 amide bonds. The van der Waals surface area contributed by atoms with E-state index in [1.807, 2.05) is 17.9 Å². The van der Waals surface area contributed by atoms with Crippen LogP contribution in [0.25, 0.3) is 11.2 Å². The van der Waals surface area contributed by atoms with Crippen LogP contribution in [-0.2, 0) is 6.54 Å². The van der Waals surface area contributed by atoms with E-state index in [0.717, 1.165) is 55.3 Å². The van der Waals surface area contributed by atoms with Gasteiger partial charge in [-0.05, 0) is 12.8 Å². The highest BCUT2D eigenvalue weighted by molar-refractivity contribution is 7.07. The van der Waals surface area contributed by atoms with E-state index >= 15 is 0 Å². The fraction of sp³-hybridized carbons (Fsp3) is 0.353. The van der Waals surface area contributed by atoms with E-state index in [1.165, 1.54) is 0 Å². The average molecular weight is 366 g/mol. The van der Waals surface area contributed by atoms with Gasteiger partial charge >= 0.3 is 0 Å². The van der Waals surface area contributed by atoms with Crippen LogP contribution in [0, 0.1) is 0 Å². The molecule has 0 aliphatic carbocycles. The van der Waals surface area contributed by atoms with Gasteiger partial charge in [0.15, 0.2) is 11.5 Å². The predicted molar refractivity (Wildman–Crippen MR) is 99.3 cm³/mol. The lowest BCUT2D eigenvalue weighted by Crippen LogP contribution is -2.36. The van der Waals surface area contributed by atoms with Gasteiger partial charge in [0.1, 0.15) is 17.7 Å². The number of nitrogens with one attached hydrogen (secondary N) is 1. The van der Waals surface area contributed by atoms with Gasteiger partial charge in [-0.25, -0.2) is 24.9 Å². The monoisotopic (exact) mass is 366 g/mol. The number of rotatable bonds is 4. The minimum Gasteiger partial charge on any atom is -0.354 e. The zero-order valence-electron chi connectivity index (χ0n) is 14.1. The maximum absolute atomic E-state index is 4.66. The van der Waals surface area contributed by atoms with E-state index in [9.17, 15) is 0 Å². The second-order valence-electron chi connectivity index (χ2n) is 6.48. The number of aromatic amines is 1. The Morgan fingerprint density at radius 1 is 1.19 bits per heavy atom. The molecule has 1 atom stereocenters. The Bertz CT molecular complexity index is 1000. The summed E-state index contributed by atoms with van der Waals surface area (Å²) < 4.78 is 2.22. The summed E-state index contributed by atoms with van der Waals surface area (Å²) in [4.78, 5) is 27.5. The van der Waals surface area contributed by atoms with E-state index in [4.69, 9.17) is 0 Å².